The lowest BCUT2D eigenvalue weighted by Crippen LogP contribution is -2.37. The van der Waals surface area contributed by atoms with Crippen LogP contribution in [0, 0.1) is 0 Å². The molecular formula is C19H24ClN3O3S. The van der Waals surface area contributed by atoms with E-state index in [0.29, 0.717) is 33.5 Å². The second-order valence-electron chi connectivity index (χ2n) is 8.11. The Morgan fingerprint density at radius 1 is 1.04 bits per heavy atom. The topological polar surface area (TPSA) is 91.2 Å². The van der Waals surface area contributed by atoms with Crippen molar-refractivity contribution in [3.05, 3.63) is 46.8 Å². The summed E-state index contributed by atoms with van der Waals surface area (Å²) in [7, 11) is -3.17. The van der Waals surface area contributed by atoms with E-state index in [4.69, 9.17) is 16.1 Å². The second kappa shape index (κ2) is 6.74. The van der Waals surface area contributed by atoms with E-state index in [2.05, 4.69) is 36.1 Å². The summed E-state index contributed by atoms with van der Waals surface area (Å²) in [5.74, 6) is 0.553. The number of hydrogen-bond acceptors (Lipinski definition) is 6. The van der Waals surface area contributed by atoms with Crippen molar-refractivity contribution in [2.75, 3.05) is 0 Å². The highest BCUT2D eigenvalue weighted by molar-refractivity contribution is 8.26. The van der Waals surface area contributed by atoms with Crippen molar-refractivity contribution in [1.29, 1.82) is 0 Å². The molecule has 1 aliphatic rings. The van der Waals surface area contributed by atoms with E-state index < -0.39 is 15.3 Å². The van der Waals surface area contributed by atoms with E-state index in [1.165, 1.54) is 0 Å². The van der Waals surface area contributed by atoms with E-state index in [-0.39, 0.29) is 5.41 Å². The summed E-state index contributed by atoms with van der Waals surface area (Å²) in [6.45, 7) is 9.68. The van der Waals surface area contributed by atoms with Crippen LogP contribution >= 0.6 is 22.2 Å². The number of aromatic nitrogens is 1. The molecule has 0 saturated heterocycles. The first-order valence-corrected chi connectivity index (χ1v) is 10.5. The van der Waals surface area contributed by atoms with E-state index >= 15 is 0 Å². The van der Waals surface area contributed by atoms with Crippen LogP contribution in [0.15, 0.2) is 50.0 Å². The average molecular weight is 410 g/mol. The summed E-state index contributed by atoms with van der Waals surface area (Å²) in [5.41, 5.74) is 1.92. The number of halogens is 1. The quantitative estimate of drug-likeness (QED) is 0.671. The van der Waals surface area contributed by atoms with Crippen LogP contribution in [0.3, 0.4) is 0 Å². The number of benzene rings is 1. The largest absolute Gasteiger partial charge is 0.355 e. The number of hydrogen-bond donors (Lipinski definition) is 2. The summed E-state index contributed by atoms with van der Waals surface area (Å²) in [4.78, 5) is 0.419. The molecule has 0 radical (unpaired) electrons. The van der Waals surface area contributed by atoms with Crippen LogP contribution in [0.25, 0.3) is 0 Å². The van der Waals surface area contributed by atoms with Crippen molar-refractivity contribution in [3.63, 3.8) is 0 Å². The number of rotatable bonds is 4. The first-order valence-electron chi connectivity index (χ1n) is 8.58. The van der Waals surface area contributed by atoms with Gasteiger partial charge in [0.15, 0.2) is 5.76 Å². The van der Waals surface area contributed by atoms with Gasteiger partial charge in [0.1, 0.15) is 5.71 Å². The fourth-order valence-electron chi connectivity index (χ4n) is 2.67. The molecule has 8 heteroatoms. The normalized spacial score (nSPS) is 16.3. The molecule has 27 heavy (non-hydrogen) atoms. The van der Waals surface area contributed by atoms with Gasteiger partial charge in [-0.15, -0.1) is 0 Å². The molecule has 2 aromatic rings. The molecule has 1 aromatic heterocycles. The Hall–Kier alpha value is -1.67. The van der Waals surface area contributed by atoms with Crippen LogP contribution in [-0.2, 0) is 5.41 Å². The lowest BCUT2D eigenvalue weighted by molar-refractivity contribution is 0.387. The molecule has 1 aliphatic heterocycles. The van der Waals surface area contributed by atoms with Crippen molar-refractivity contribution in [2.45, 2.75) is 56.1 Å². The second-order valence-corrected chi connectivity index (χ2v) is 11.1. The van der Waals surface area contributed by atoms with Crippen molar-refractivity contribution in [1.82, 2.24) is 5.16 Å². The summed E-state index contributed by atoms with van der Waals surface area (Å²) in [5, 5.41) is 13.1. The highest BCUT2D eigenvalue weighted by Crippen LogP contribution is 2.60. The molecule has 1 aromatic carbocycles. The van der Waals surface area contributed by atoms with Gasteiger partial charge in [-0.05, 0) is 38.1 Å². The third kappa shape index (κ3) is 3.69. The maximum atomic E-state index is 11.0. The highest BCUT2D eigenvalue weighted by Gasteiger charge is 2.42. The summed E-state index contributed by atoms with van der Waals surface area (Å²) in [6, 6.07) is 8.40. The van der Waals surface area contributed by atoms with Crippen LogP contribution in [0.5, 0.6) is 0 Å². The molecule has 0 saturated carbocycles. The lowest BCUT2D eigenvalue weighted by atomic mass is 9.92. The third-order valence-corrected chi connectivity index (χ3v) is 7.58. The van der Waals surface area contributed by atoms with Gasteiger partial charge in [-0.2, -0.15) is 20.8 Å². The van der Waals surface area contributed by atoms with Gasteiger partial charge in [0.2, 0.25) is 0 Å². The molecule has 0 amide bonds. The van der Waals surface area contributed by atoms with Crippen LogP contribution in [0.1, 0.15) is 52.5 Å². The summed E-state index contributed by atoms with van der Waals surface area (Å²) in [6.07, 6.45) is 0.370. The van der Waals surface area contributed by atoms with Crippen LogP contribution in [0.2, 0.25) is 5.02 Å². The van der Waals surface area contributed by atoms with Crippen LogP contribution < -0.4 is 0 Å². The zero-order valence-corrected chi connectivity index (χ0v) is 17.6. The number of nitrogens with zero attached hydrogens (tertiary/aromatic N) is 3. The highest BCUT2D eigenvalue weighted by atomic mass is 35.5. The molecule has 6 nitrogen and oxygen atoms in total. The van der Waals surface area contributed by atoms with E-state index in [1.807, 2.05) is 6.07 Å². The van der Waals surface area contributed by atoms with Crippen LogP contribution in [0.4, 0.5) is 0 Å². The molecule has 0 fully saturated rings. The lowest BCUT2D eigenvalue weighted by Gasteiger charge is -2.46. The Morgan fingerprint density at radius 3 is 2.22 bits per heavy atom. The maximum absolute atomic E-state index is 11.0. The average Bonchev–Trinajstić information content (AvgIpc) is 3.24. The van der Waals surface area contributed by atoms with Gasteiger partial charge in [0, 0.05) is 22.9 Å². The Labute approximate surface area is 165 Å². The first kappa shape index (κ1) is 20.1. The SMILES string of the molecule is CC(C)(C)c1cc(C2=NN=C(C(C)(C)S(O)(O)c3ccc(Cl)cc3)C2)on1. The Morgan fingerprint density at radius 2 is 1.67 bits per heavy atom. The molecular weight excluding hydrogens is 386 g/mol. The van der Waals surface area contributed by atoms with Crippen LogP contribution in [-0.4, -0.2) is 30.4 Å². The predicted octanol–water partition coefficient (Wildman–Crippen LogP) is 5.76. The zero-order chi connectivity index (χ0) is 20.0. The van der Waals surface area contributed by atoms with Gasteiger partial charge in [-0.25, -0.2) is 0 Å². The smallest absolute Gasteiger partial charge is 0.183 e. The molecule has 0 bridgehead atoms. The van der Waals surface area contributed by atoms with Crippen molar-refractivity contribution < 1.29 is 13.6 Å². The van der Waals surface area contributed by atoms with Gasteiger partial charge in [-0.3, -0.25) is 9.11 Å². The Balaban J connectivity index is 1.82. The van der Waals surface area contributed by atoms with E-state index in [1.54, 1.807) is 38.1 Å². The predicted molar refractivity (Wildman–Crippen MR) is 110 cm³/mol. The molecule has 2 N–H and O–H groups in total. The van der Waals surface area contributed by atoms with Gasteiger partial charge in [-0.1, -0.05) is 37.5 Å². The first-order chi connectivity index (χ1) is 12.4. The summed E-state index contributed by atoms with van der Waals surface area (Å²) < 4.78 is 26.4. The van der Waals surface area contributed by atoms with Gasteiger partial charge >= 0.3 is 0 Å². The molecule has 146 valence electrons. The minimum absolute atomic E-state index is 0.131. The fourth-order valence-corrected chi connectivity index (χ4v) is 4.34. The van der Waals surface area contributed by atoms with Crippen molar-refractivity contribution in [3.8, 4) is 0 Å². The minimum Gasteiger partial charge on any atom is -0.355 e. The Kier molecular flexibility index (Phi) is 5.01. The Bertz CT molecular complexity index is 909. The molecule has 0 unspecified atom stereocenters. The van der Waals surface area contributed by atoms with Gasteiger partial charge in [0.05, 0.1) is 21.0 Å². The van der Waals surface area contributed by atoms with Crippen molar-refractivity contribution >= 4 is 33.6 Å². The standard InChI is InChI=1S/C19H24ClN3O3S/c1-18(2,3)16-11-15(26-23-16)14-10-17(22-21-14)19(4,5)27(24,25)13-8-6-12(20)7-9-13/h6-9,11,24-25H,10H2,1-5H3. The monoisotopic (exact) mass is 409 g/mol. The molecule has 2 heterocycles. The molecule has 3 rings (SSSR count). The van der Waals surface area contributed by atoms with E-state index in [9.17, 15) is 9.11 Å². The third-order valence-electron chi connectivity index (χ3n) is 4.74. The summed E-state index contributed by atoms with van der Waals surface area (Å²) >= 11 is 5.91. The van der Waals surface area contributed by atoms with Gasteiger partial charge < -0.3 is 4.52 Å². The van der Waals surface area contributed by atoms with E-state index in [0.717, 1.165) is 5.69 Å². The van der Waals surface area contributed by atoms with Crippen molar-refractivity contribution in [2.24, 2.45) is 10.2 Å². The zero-order valence-electron chi connectivity index (χ0n) is 16.0. The molecule has 0 spiro atoms. The van der Waals surface area contributed by atoms with Gasteiger partial charge in [0.25, 0.3) is 0 Å². The maximum Gasteiger partial charge on any atom is 0.183 e. The fraction of sp³-hybridized carbons (Fsp3) is 0.421. The molecule has 0 aliphatic carbocycles. The minimum atomic E-state index is -3.17. The molecule has 0 atom stereocenters.